The molecule has 0 aromatic heterocycles. The average molecular weight is 444 g/mol. The van der Waals surface area contributed by atoms with Crippen molar-refractivity contribution in [3.63, 3.8) is 0 Å². The summed E-state index contributed by atoms with van der Waals surface area (Å²) in [4.78, 5) is 0. The lowest BCUT2D eigenvalue weighted by Crippen LogP contribution is -2.50. The van der Waals surface area contributed by atoms with Gasteiger partial charge in [-0.25, -0.2) is 0 Å². The standard InChI is InChI=1S/C6H17NO3Si.C6H16O3Si.C5H12N2/c1-8-11(9-2,10-3)6-4-5-7;1-4-7-10(8-5-2)9-6-3;1-4(6)5-2-7-3-5/h4-7H2,1-3H3;10H,4-6H2,1-3H3;4-5,7H,2-3,6H2,1H3. The first-order chi connectivity index (χ1) is 13.4. The summed E-state index contributed by atoms with van der Waals surface area (Å²) in [5, 5.41) is 3.16. The summed E-state index contributed by atoms with van der Waals surface area (Å²) in [6.07, 6.45) is 0.877. The third kappa shape index (κ3) is 15.0. The first kappa shape index (κ1) is 30.3. The summed E-state index contributed by atoms with van der Waals surface area (Å²) < 4.78 is 31.2. The largest absolute Gasteiger partial charge is 0.500 e. The van der Waals surface area contributed by atoms with E-state index in [4.69, 9.17) is 38.0 Å². The zero-order valence-corrected chi connectivity index (χ0v) is 21.1. The Morgan fingerprint density at radius 1 is 0.964 bits per heavy atom. The van der Waals surface area contributed by atoms with Crippen LogP contribution in [0.5, 0.6) is 0 Å². The molecule has 28 heavy (non-hydrogen) atoms. The maximum atomic E-state index is 5.56. The number of rotatable bonds is 13. The van der Waals surface area contributed by atoms with Gasteiger partial charge in [-0.1, -0.05) is 0 Å². The SMILES string of the molecule is CC(N)C1CNC1.CCO[SiH](OCC)OCC.CO[Si](CCCN)(OC)OC. The van der Waals surface area contributed by atoms with Gasteiger partial charge < -0.3 is 43.3 Å². The normalized spacial score (nSPS) is 15.2. The summed E-state index contributed by atoms with van der Waals surface area (Å²) in [5.74, 6) is 0.750. The molecule has 0 spiro atoms. The van der Waals surface area contributed by atoms with Crippen molar-refractivity contribution in [2.24, 2.45) is 17.4 Å². The van der Waals surface area contributed by atoms with E-state index in [9.17, 15) is 0 Å². The third-order valence-electron chi connectivity index (χ3n) is 4.08. The van der Waals surface area contributed by atoms with Crippen LogP contribution in [0.25, 0.3) is 0 Å². The van der Waals surface area contributed by atoms with Crippen molar-refractivity contribution < 1.29 is 26.6 Å². The number of nitrogens with one attached hydrogen (secondary N) is 1. The van der Waals surface area contributed by atoms with E-state index in [0.29, 0.717) is 32.4 Å². The molecule has 0 bridgehead atoms. The lowest BCUT2D eigenvalue weighted by atomic mass is 9.96. The molecule has 1 saturated heterocycles. The molecule has 5 N–H and O–H groups in total. The summed E-state index contributed by atoms with van der Waals surface area (Å²) in [6.45, 7) is 12.8. The van der Waals surface area contributed by atoms with E-state index in [1.54, 1.807) is 21.3 Å². The molecule has 1 aliphatic rings. The van der Waals surface area contributed by atoms with Crippen LogP contribution in [0.15, 0.2) is 0 Å². The molecule has 0 radical (unpaired) electrons. The minimum Gasteiger partial charge on any atom is -0.377 e. The summed E-state index contributed by atoms with van der Waals surface area (Å²) in [6, 6.07) is 1.17. The highest BCUT2D eigenvalue weighted by Crippen LogP contribution is 2.13. The lowest BCUT2D eigenvalue weighted by Gasteiger charge is -2.30. The maximum Gasteiger partial charge on any atom is 0.500 e. The lowest BCUT2D eigenvalue weighted by molar-refractivity contribution is 0.107. The molecule has 1 unspecified atom stereocenters. The molecule has 172 valence electrons. The molecular weight excluding hydrogens is 398 g/mol. The van der Waals surface area contributed by atoms with Crippen molar-refractivity contribution in [1.29, 1.82) is 0 Å². The predicted octanol–water partition coefficient (Wildman–Crippen LogP) is 0.579. The van der Waals surface area contributed by atoms with Crippen molar-refractivity contribution in [2.75, 3.05) is 60.8 Å². The van der Waals surface area contributed by atoms with Crippen LogP contribution < -0.4 is 16.8 Å². The maximum absolute atomic E-state index is 5.56. The van der Waals surface area contributed by atoms with E-state index in [0.717, 1.165) is 31.5 Å². The van der Waals surface area contributed by atoms with Gasteiger partial charge in [0.05, 0.1) is 0 Å². The smallest absolute Gasteiger partial charge is 0.377 e. The second kappa shape index (κ2) is 20.4. The van der Waals surface area contributed by atoms with Gasteiger partial charge in [-0.2, -0.15) is 0 Å². The first-order valence-corrected chi connectivity index (χ1v) is 13.4. The minimum atomic E-state index is -2.32. The number of nitrogens with two attached hydrogens (primary N) is 2. The quantitative estimate of drug-likeness (QED) is 0.351. The van der Waals surface area contributed by atoms with Crippen LogP contribution in [0.4, 0.5) is 0 Å². The van der Waals surface area contributed by atoms with E-state index in [-0.39, 0.29) is 0 Å². The summed E-state index contributed by atoms with van der Waals surface area (Å²) in [7, 11) is 0.768. The monoisotopic (exact) mass is 443 g/mol. The van der Waals surface area contributed by atoms with Gasteiger partial charge in [0, 0.05) is 66.3 Å². The highest BCUT2D eigenvalue weighted by molar-refractivity contribution is 6.60. The molecule has 11 heteroatoms. The fourth-order valence-corrected chi connectivity index (χ4v) is 4.96. The summed E-state index contributed by atoms with van der Waals surface area (Å²) >= 11 is 0. The van der Waals surface area contributed by atoms with Crippen LogP contribution in [-0.2, 0) is 26.6 Å². The van der Waals surface area contributed by atoms with E-state index in [1.165, 1.54) is 0 Å². The minimum absolute atomic E-state index is 0.390. The Balaban J connectivity index is 0. The molecule has 1 atom stereocenters. The Morgan fingerprint density at radius 2 is 1.39 bits per heavy atom. The van der Waals surface area contributed by atoms with E-state index >= 15 is 0 Å². The number of hydrogen-bond donors (Lipinski definition) is 3. The van der Waals surface area contributed by atoms with E-state index in [1.807, 2.05) is 20.8 Å². The molecule has 0 aliphatic carbocycles. The Bertz CT molecular complexity index is 303. The van der Waals surface area contributed by atoms with Gasteiger partial charge >= 0.3 is 18.3 Å². The molecule has 0 saturated carbocycles. The fourth-order valence-electron chi connectivity index (χ4n) is 2.11. The van der Waals surface area contributed by atoms with Crippen LogP contribution in [0.2, 0.25) is 6.04 Å². The zero-order chi connectivity index (χ0) is 21.8. The van der Waals surface area contributed by atoms with Gasteiger partial charge in [0.25, 0.3) is 0 Å². The van der Waals surface area contributed by atoms with Gasteiger partial charge in [-0.3, -0.25) is 0 Å². The van der Waals surface area contributed by atoms with Gasteiger partial charge in [0.2, 0.25) is 0 Å². The van der Waals surface area contributed by atoms with Crippen LogP contribution >= 0.6 is 0 Å². The Morgan fingerprint density at radius 3 is 1.57 bits per heavy atom. The fraction of sp³-hybridized carbons (Fsp3) is 1.00. The highest BCUT2D eigenvalue weighted by atomic mass is 28.4. The molecular formula is C17H45N3O6Si2. The Kier molecular flexibility index (Phi) is 22.0. The average Bonchev–Trinajstić information content (AvgIpc) is 2.63. The van der Waals surface area contributed by atoms with Gasteiger partial charge in [0.15, 0.2) is 0 Å². The first-order valence-electron chi connectivity index (χ1n) is 10.1. The second-order valence-corrected chi connectivity index (χ2v) is 10.8. The van der Waals surface area contributed by atoms with Gasteiger partial charge in [-0.05, 0) is 46.6 Å². The van der Waals surface area contributed by atoms with E-state index < -0.39 is 18.3 Å². The Labute approximate surface area is 175 Å². The highest BCUT2D eigenvalue weighted by Gasteiger charge is 2.36. The molecule has 1 fully saturated rings. The van der Waals surface area contributed by atoms with Crippen molar-refractivity contribution in [3.05, 3.63) is 0 Å². The van der Waals surface area contributed by atoms with Crippen molar-refractivity contribution >= 4 is 18.3 Å². The van der Waals surface area contributed by atoms with Crippen LogP contribution in [-0.4, -0.2) is 85.2 Å². The zero-order valence-electron chi connectivity index (χ0n) is 19.0. The molecule has 1 aliphatic heterocycles. The van der Waals surface area contributed by atoms with Crippen molar-refractivity contribution in [1.82, 2.24) is 5.32 Å². The van der Waals surface area contributed by atoms with E-state index in [2.05, 4.69) is 12.2 Å². The second-order valence-electron chi connectivity index (χ2n) is 6.12. The van der Waals surface area contributed by atoms with Gasteiger partial charge in [-0.15, -0.1) is 0 Å². The Hall–Kier alpha value is 0.0738. The van der Waals surface area contributed by atoms with Crippen molar-refractivity contribution in [3.8, 4) is 0 Å². The van der Waals surface area contributed by atoms with Crippen LogP contribution in [0.3, 0.4) is 0 Å². The third-order valence-corrected chi connectivity index (χ3v) is 8.73. The van der Waals surface area contributed by atoms with Gasteiger partial charge in [0.1, 0.15) is 0 Å². The van der Waals surface area contributed by atoms with Crippen LogP contribution in [0, 0.1) is 5.92 Å². The number of hydrogen-bond acceptors (Lipinski definition) is 9. The van der Waals surface area contributed by atoms with Crippen LogP contribution in [0.1, 0.15) is 34.1 Å². The molecule has 0 aromatic rings. The molecule has 0 amide bonds. The van der Waals surface area contributed by atoms with Crippen molar-refractivity contribution in [2.45, 2.75) is 46.2 Å². The predicted molar refractivity (Wildman–Crippen MR) is 117 cm³/mol. The molecule has 9 nitrogen and oxygen atoms in total. The molecule has 1 heterocycles. The topological polar surface area (TPSA) is 119 Å². The summed E-state index contributed by atoms with van der Waals surface area (Å²) in [5.41, 5.74) is 10.9. The molecule has 0 aromatic carbocycles. The molecule has 1 rings (SSSR count).